The predicted molar refractivity (Wildman–Crippen MR) is 86.2 cm³/mol. The molecule has 3 rings (SSSR count). The predicted octanol–water partition coefficient (Wildman–Crippen LogP) is 3.30. The van der Waals surface area contributed by atoms with Crippen LogP contribution in [0.4, 0.5) is 0 Å². The van der Waals surface area contributed by atoms with Crippen LogP contribution in [-0.2, 0) is 4.79 Å². The molecule has 3 heteroatoms. The second kappa shape index (κ2) is 6.32. The van der Waals surface area contributed by atoms with Crippen molar-refractivity contribution in [3.8, 4) is 0 Å². The molecular formula is C19H21NO2. The molecular weight excluding hydrogens is 274 g/mol. The van der Waals surface area contributed by atoms with Gasteiger partial charge in [-0.1, -0.05) is 60.2 Å². The van der Waals surface area contributed by atoms with Gasteiger partial charge in [0.2, 0.25) is 0 Å². The summed E-state index contributed by atoms with van der Waals surface area (Å²) in [5.41, 5.74) is 2.94. The minimum Gasteiger partial charge on any atom is -0.378 e. The first kappa shape index (κ1) is 14.8. The Morgan fingerprint density at radius 1 is 1.05 bits per heavy atom. The lowest BCUT2D eigenvalue weighted by Crippen LogP contribution is -2.34. The molecule has 1 aliphatic carbocycles. The molecule has 1 fully saturated rings. The highest BCUT2D eigenvalue weighted by molar-refractivity contribution is 5.82. The van der Waals surface area contributed by atoms with Gasteiger partial charge in [0.1, 0.15) is 0 Å². The summed E-state index contributed by atoms with van der Waals surface area (Å²) in [5, 5.41) is 13.2. The van der Waals surface area contributed by atoms with Gasteiger partial charge in [0.15, 0.2) is 6.10 Å². The highest BCUT2D eigenvalue weighted by Gasteiger charge is 2.34. The average Bonchev–Trinajstić information content (AvgIpc) is 3.38. The van der Waals surface area contributed by atoms with Crippen LogP contribution in [0.1, 0.15) is 41.7 Å². The van der Waals surface area contributed by atoms with Crippen LogP contribution in [0.2, 0.25) is 0 Å². The minimum absolute atomic E-state index is 0.00791. The van der Waals surface area contributed by atoms with Crippen molar-refractivity contribution in [2.45, 2.75) is 31.9 Å². The van der Waals surface area contributed by atoms with Crippen molar-refractivity contribution in [2.75, 3.05) is 0 Å². The number of hydrogen-bond acceptors (Lipinski definition) is 2. The number of carbonyl (C=O) groups is 1. The van der Waals surface area contributed by atoms with Gasteiger partial charge in [-0.2, -0.15) is 0 Å². The summed E-state index contributed by atoms with van der Waals surface area (Å²) in [4.78, 5) is 12.4. The van der Waals surface area contributed by atoms with Crippen LogP contribution in [0.25, 0.3) is 0 Å². The van der Waals surface area contributed by atoms with Crippen molar-refractivity contribution in [3.05, 3.63) is 71.3 Å². The molecule has 0 spiro atoms. The minimum atomic E-state index is -1.12. The monoisotopic (exact) mass is 295 g/mol. The lowest BCUT2D eigenvalue weighted by Gasteiger charge is -2.21. The Morgan fingerprint density at radius 2 is 1.68 bits per heavy atom. The summed E-state index contributed by atoms with van der Waals surface area (Å²) in [6.45, 7) is 2.05. The molecule has 0 heterocycles. The Hall–Kier alpha value is -2.13. The van der Waals surface area contributed by atoms with Crippen molar-refractivity contribution in [3.63, 3.8) is 0 Å². The van der Waals surface area contributed by atoms with Crippen LogP contribution >= 0.6 is 0 Å². The molecule has 3 nitrogen and oxygen atoms in total. The maximum atomic E-state index is 12.4. The molecule has 22 heavy (non-hydrogen) atoms. The first-order valence-corrected chi connectivity index (χ1v) is 7.75. The standard InChI is InChI=1S/C19H21NO2/c1-13-7-9-14(10-8-13)17(15-11-12-15)20-19(22)18(21)16-5-3-2-4-6-16/h2-10,15,17-18,21H,11-12H2,1H3,(H,20,22). The number of amides is 1. The van der Waals surface area contributed by atoms with E-state index in [4.69, 9.17) is 0 Å². The summed E-state index contributed by atoms with van der Waals surface area (Å²) in [7, 11) is 0. The fourth-order valence-corrected chi connectivity index (χ4v) is 2.70. The topological polar surface area (TPSA) is 49.3 Å². The van der Waals surface area contributed by atoms with E-state index in [0.717, 1.165) is 18.4 Å². The van der Waals surface area contributed by atoms with Crippen LogP contribution in [0.3, 0.4) is 0 Å². The van der Waals surface area contributed by atoms with E-state index in [-0.39, 0.29) is 11.9 Å². The van der Waals surface area contributed by atoms with E-state index in [1.165, 1.54) is 5.56 Å². The van der Waals surface area contributed by atoms with E-state index in [1.807, 2.05) is 25.1 Å². The molecule has 0 bridgehead atoms. The maximum Gasteiger partial charge on any atom is 0.253 e. The fraction of sp³-hybridized carbons (Fsp3) is 0.316. The number of aliphatic hydroxyl groups excluding tert-OH is 1. The zero-order chi connectivity index (χ0) is 15.5. The van der Waals surface area contributed by atoms with E-state index >= 15 is 0 Å². The Labute approximate surface area is 131 Å². The zero-order valence-electron chi connectivity index (χ0n) is 12.7. The Morgan fingerprint density at radius 3 is 2.27 bits per heavy atom. The summed E-state index contributed by atoms with van der Waals surface area (Å²) in [6, 6.07) is 17.3. The van der Waals surface area contributed by atoms with Crippen LogP contribution in [0.15, 0.2) is 54.6 Å². The van der Waals surface area contributed by atoms with Gasteiger partial charge >= 0.3 is 0 Å². The van der Waals surface area contributed by atoms with E-state index < -0.39 is 6.10 Å². The van der Waals surface area contributed by atoms with Crippen molar-refractivity contribution < 1.29 is 9.90 Å². The van der Waals surface area contributed by atoms with Gasteiger partial charge in [-0.05, 0) is 36.8 Å². The van der Waals surface area contributed by atoms with Gasteiger partial charge in [0.05, 0.1) is 6.04 Å². The van der Waals surface area contributed by atoms with E-state index in [0.29, 0.717) is 11.5 Å². The summed E-state index contributed by atoms with van der Waals surface area (Å²) < 4.78 is 0. The SMILES string of the molecule is Cc1ccc(C(NC(=O)C(O)c2ccccc2)C2CC2)cc1. The molecule has 0 saturated heterocycles. The third-order valence-electron chi connectivity index (χ3n) is 4.19. The number of aliphatic hydroxyl groups is 1. The van der Waals surface area contributed by atoms with Crippen molar-refractivity contribution in [1.29, 1.82) is 0 Å². The first-order chi connectivity index (χ1) is 10.6. The number of benzene rings is 2. The van der Waals surface area contributed by atoms with Crippen molar-refractivity contribution in [2.24, 2.45) is 5.92 Å². The normalized spacial score (nSPS) is 16.8. The molecule has 0 aliphatic heterocycles. The van der Waals surface area contributed by atoms with Gasteiger partial charge in [-0.3, -0.25) is 4.79 Å². The smallest absolute Gasteiger partial charge is 0.253 e. The van der Waals surface area contributed by atoms with Crippen LogP contribution in [0.5, 0.6) is 0 Å². The van der Waals surface area contributed by atoms with Gasteiger partial charge in [0, 0.05) is 0 Å². The van der Waals surface area contributed by atoms with Crippen molar-refractivity contribution >= 4 is 5.91 Å². The Kier molecular flexibility index (Phi) is 4.25. The summed E-state index contributed by atoms with van der Waals surface area (Å²) in [6.07, 6.45) is 1.13. The van der Waals surface area contributed by atoms with Gasteiger partial charge < -0.3 is 10.4 Å². The van der Waals surface area contributed by atoms with E-state index in [2.05, 4.69) is 29.6 Å². The number of rotatable bonds is 5. The number of aryl methyl sites for hydroxylation is 1. The van der Waals surface area contributed by atoms with E-state index in [1.54, 1.807) is 12.1 Å². The summed E-state index contributed by atoms with van der Waals surface area (Å²) >= 11 is 0. The summed E-state index contributed by atoms with van der Waals surface area (Å²) in [5.74, 6) is 0.151. The van der Waals surface area contributed by atoms with Crippen LogP contribution in [-0.4, -0.2) is 11.0 Å². The number of hydrogen-bond donors (Lipinski definition) is 2. The third kappa shape index (κ3) is 3.37. The van der Waals surface area contributed by atoms with E-state index in [9.17, 15) is 9.90 Å². The number of carbonyl (C=O) groups excluding carboxylic acids is 1. The van der Waals surface area contributed by atoms with Crippen LogP contribution in [0, 0.1) is 12.8 Å². The Balaban J connectivity index is 1.74. The lowest BCUT2D eigenvalue weighted by atomic mass is 10.00. The molecule has 1 aliphatic rings. The molecule has 0 radical (unpaired) electrons. The fourth-order valence-electron chi connectivity index (χ4n) is 2.70. The quantitative estimate of drug-likeness (QED) is 0.889. The largest absolute Gasteiger partial charge is 0.378 e. The second-order valence-corrected chi connectivity index (χ2v) is 6.05. The van der Waals surface area contributed by atoms with Crippen LogP contribution < -0.4 is 5.32 Å². The molecule has 2 atom stereocenters. The Bertz CT molecular complexity index is 632. The van der Waals surface area contributed by atoms with Gasteiger partial charge in [-0.25, -0.2) is 0 Å². The number of nitrogens with one attached hydrogen (secondary N) is 1. The molecule has 2 unspecified atom stereocenters. The molecule has 2 aromatic carbocycles. The zero-order valence-corrected chi connectivity index (χ0v) is 12.7. The van der Waals surface area contributed by atoms with Gasteiger partial charge in [-0.15, -0.1) is 0 Å². The average molecular weight is 295 g/mol. The van der Waals surface area contributed by atoms with Crippen molar-refractivity contribution in [1.82, 2.24) is 5.32 Å². The lowest BCUT2D eigenvalue weighted by molar-refractivity contribution is -0.130. The third-order valence-corrected chi connectivity index (χ3v) is 4.19. The second-order valence-electron chi connectivity index (χ2n) is 6.05. The molecule has 114 valence electrons. The maximum absolute atomic E-state index is 12.4. The molecule has 2 aromatic rings. The first-order valence-electron chi connectivity index (χ1n) is 7.75. The highest BCUT2D eigenvalue weighted by atomic mass is 16.3. The molecule has 1 saturated carbocycles. The van der Waals surface area contributed by atoms with Gasteiger partial charge in [0.25, 0.3) is 5.91 Å². The highest BCUT2D eigenvalue weighted by Crippen LogP contribution is 2.41. The molecule has 1 amide bonds. The molecule has 2 N–H and O–H groups in total. The molecule has 0 aromatic heterocycles.